The first-order valence-corrected chi connectivity index (χ1v) is 12.6. The minimum Gasteiger partial charge on any atom is -0.497 e. The number of amides is 3. The first kappa shape index (κ1) is 26.9. The average Bonchev–Trinajstić information content (AvgIpc) is 3.29. The van der Waals surface area contributed by atoms with Crippen LogP contribution in [0, 0.1) is 5.92 Å². The van der Waals surface area contributed by atoms with E-state index in [-0.39, 0.29) is 42.6 Å². The molecule has 0 bridgehead atoms. The molecule has 1 heterocycles. The number of thiazole rings is 1. The van der Waals surface area contributed by atoms with Crippen molar-refractivity contribution in [2.24, 2.45) is 5.92 Å². The van der Waals surface area contributed by atoms with Gasteiger partial charge in [-0.3, -0.25) is 14.4 Å². The Morgan fingerprint density at radius 1 is 1.00 bits per heavy atom. The molecule has 0 unspecified atom stereocenters. The number of nitrogens with zero attached hydrogens (tertiary/aromatic N) is 2. The van der Waals surface area contributed by atoms with E-state index in [2.05, 4.69) is 15.6 Å². The van der Waals surface area contributed by atoms with Gasteiger partial charge in [-0.2, -0.15) is 0 Å². The summed E-state index contributed by atoms with van der Waals surface area (Å²) in [5.41, 5.74) is 2.07. The summed E-state index contributed by atoms with van der Waals surface area (Å²) in [6, 6.07) is 16.4. The van der Waals surface area contributed by atoms with Crippen molar-refractivity contribution in [2.75, 3.05) is 25.5 Å². The molecule has 3 aromatic rings. The van der Waals surface area contributed by atoms with E-state index in [1.165, 1.54) is 16.2 Å². The largest absolute Gasteiger partial charge is 0.497 e. The van der Waals surface area contributed by atoms with Crippen LogP contribution in [0.15, 0.2) is 60.0 Å². The molecule has 0 saturated carbocycles. The standard InChI is InChI=1S/C27H32N4O4S/c1-18(2)15-31(26(34)21-10-12-23(35-4)13-11-21)16-25(33)30-27-29-22(17-36-27)14-24(32)28-19(3)20-8-6-5-7-9-20/h5-13,17-19H,14-16H2,1-4H3,(H,28,32)(H,29,30,33)/t19-/m0/s1. The molecule has 0 aliphatic carbocycles. The molecule has 2 aromatic carbocycles. The van der Waals surface area contributed by atoms with Gasteiger partial charge < -0.3 is 20.3 Å². The third-order valence-corrected chi connectivity index (χ3v) is 6.17. The molecule has 0 aliphatic rings. The number of benzene rings is 2. The lowest BCUT2D eigenvalue weighted by molar-refractivity contribution is -0.121. The Kier molecular flexibility index (Phi) is 9.58. The third kappa shape index (κ3) is 7.91. The molecule has 0 aliphatic heterocycles. The van der Waals surface area contributed by atoms with Crippen LogP contribution < -0.4 is 15.4 Å². The minimum absolute atomic E-state index is 0.104. The molecule has 8 nitrogen and oxygen atoms in total. The highest BCUT2D eigenvalue weighted by Gasteiger charge is 2.21. The van der Waals surface area contributed by atoms with E-state index < -0.39 is 0 Å². The van der Waals surface area contributed by atoms with Gasteiger partial charge in [-0.1, -0.05) is 44.2 Å². The highest BCUT2D eigenvalue weighted by Crippen LogP contribution is 2.18. The number of methoxy groups -OCH3 is 1. The molecular formula is C27H32N4O4S. The molecule has 1 aromatic heterocycles. The predicted molar refractivity (Wildman–Crippen MR) is 141 cm³/mol. The summed E-state index contributed by atoms with van der Waals surface area (Å²) in [5.74, 6) is 0.111. The fourth-order valence-electron chi connectivity index (χ4n) is 3.64. The first-order valence-electron chi connectivity index (χ1n) is 11.8. The average molecular weight is 509 g/mol. The van der Waals surface area contributed by atoms with Gasteiger partial charge in [-0.15, -0.1) is 11.3 Å². The third-order valence-electron chi connectivity index (χ3n) is 5.36. The molecule has 190 valence electrons. The molecule has 1 atom stereocenters. The van der Waals surface area contributed by atoms with Gasteiger partial charge in [0.1, 0.15) is 12.3 Å². The van der Waals surface area contributed by atoms with Gasteiger partial charge in [0, 0.05) is 17.5 Å². The Morgan fingerprint density at radius 2 is 1.69 bits per heavy atom. The molecule has 9 heteroatoms. The van der Waals surface area contributed by atoms with Crippen LogP contribution in [0.2, 0.25) is 0 Å². The smallest absolute Gasteiger partial charge is 0.254 e. The zero-order chi connectivity index (χ0) is 26.1. The number of aromatic nitrogens is 1. The van der Waals surface area contributed by atoms with Gasteiger partial charge in [0.05, 0.1) is 25.3 Å². The van der Waals surface area contributed by atoms with Crippen molar-refractivity contribution in [3.63, 3.8) is 0 Å². The number of carbonyl (C=O) groups is 3. The Hall–Kier alpha value is -3.72. The number of rotatable bonds is 11. The summed E-state index contributed by atoms with van der Waals surface area (Å²) in [5, 5.41) is 7.85. The topological polar surface area (TPSA) is 101 Å². The lowest BCUT2D eigenvalue weighted by atomic mass is 10.1. The zero-order valence-corrected chi connectivity index (χ0v) is 21.8. The molecule has 3 rings (SSSR count). The van der Waals surface area contributed by atoms with Crippen LogP contribution in [0.4, 0.5) is 5.13 Å². The predicted octanol–water partition coefficient (Wildman–Crippen LogP) is 4.31. The van der Waals surface area contributed by atoms with Crippen LogP contribution in [0.25, 0.3) is 0 Å². The molecule has 0 spiro atoms. The minimum atomic E-state index is -0.347. The van der Waals surface area contributed by atoms with E-state index in [0.717, 1.165) is 5.56 Å². The van der Waals surface area contributed by atoms with E-state index in [1.54, 1.807) is 36.8 Å². The maximum atomic E-state index is 13.0. The summed E-state index contributed by atoms with van der Waals surface area (Å²) in [6.45, 7) is 6.23. The second kappa shape index (κ2) is 12.8. The Morgan fingerprint density at radius 3 is 2.33 bits per heavy atom. The van der Waals surface area contributed by atoms with E-state index in [0.29, 0.717) is 28.7 Å². The van der Waals surface area contributed by atoms with Crippen LogP contribution >= 0.6 is 11.3 Å². The summed E-state index contributed by atoms with van der Waals surface area (Å²) < 4.78 is 5.15. The summed E-state index contributed by atoms with van der Waals surface area (Å²) in [7, 11) is 1.56. The molecular weight excluding hydrogens is 476 g/mol. The number of carbonyl (C=O) groups excluding carboxylic acids is 3. The van der Waals surface area contributed by atoms with Crippen LogP contribution in [-0.2, 0) is 16.0 Å². The van der Waals surface area contributed by atoms with Crippen molar-refractivity contribution in [1.82, 2.24) is 15.2 Å². The highest BCUT2D eigenvalue weighted by molar-refractivity contribution is 7.13. The summed E-state index contributed by atoms with van der Waals surface area (Å²) >= 11 is 1.24. The van der Waals surface area contributed by atoms with Crippen molar-refractivity contribution in [2.45, 2.75) is 33.2 Å². The summed E-state index contributed by atoms with van der Waals surface area (Å²) in [4.78, 5) is 44.1. The lowest BCUT2D eigenvalue weighted by Crippen LogP contribution is -2.40. The number of hydrogen-bond donors (Lipinski definition) is 2. The van der Waals surface area contributed by atoms with Gasteiger partial charge in [-0.05, 0) is 42.7 Å². The van der Waals surface area contributed by atoms with E-state index in [4.69, 9.17) is 4.74 Å². The Bertz CT molecular complexity index is 1160. The fourth-order valence-corrected chi connectivity index (χ4v) is 4.36. The number of anilines is 1. The van der Waals surface area contributed by atoms with Crippen LogP contribution in [0.3, 0.4) is 0 Å². The van der Waals surface area contributed by atoms with Crippen molar-refractivity contribution in [3.05, 3.63) is 76.8 Å². The van der Waals surface area contributed by atoms with Gasteiger partial charge >= 0.3 is 0 Å². The van der Waals surface area contributed by atoms with Crippen molar-refractivity contribution >= 4 is 34.2 Å². The van der Waals surface area contributed by atoms with Gasteiger partial charge in [0.15, 0.2) is 5.13 Å². The van der Waals surface area contributed by atoms with Crippen LogP contribution in [-0.4, -0.2) is 47.8 Å². The summed E-state index contributed by atoms with van der Waals surface area (Å²) in [6.07, 6.45) is 0.110. The van der Waals surface area contributed by atoms with Gasteiger partial charge in [-0.25, -0.2) is 4.98 Å². The fraction of sp³-hybridized carbons (Fsp3) is 0.333. The first-order chi connectivity index (χ1) is 17.2. The molecule has 0 saturated heterocycles. The Labute approximate surface area is 215 Å². The second-order valence-electron chi connectivity index (χ2n) is 8.88. The quantitative estimate of drug-likeness (QED) is 0.402. The lowest BCUT2D eigenvalue weighted by Gasteiger charge is -2.24. The van der Waals surface area contributed by atoms with Crippen molar-refractivity contribution in [3.8, 4) is 5.75 Å². The normalized spacial score (nSPS) is 11.6. The van der Waals surface area contributed by atoms with Crippen molar-refractivity contribution < 1.29 is 19.1 Å². The van der Waals surface area contributed by atoms with E-state index in [9.17, 15) is 14.4 Å². The maximum Gasteiger partial charge on any atom is 0.254 e. The molecule has 36 heavy (non-hydrogen) atoms. The van der Waals surface area contributed by atoms with Crippen LogP contribution in [0.1, 0.15) is 48.4 Å². The van der Waals surface area contributed by atoms with E-state index >= 15 is 0 Å². The van der Waals surface area contributed by atoms with Gasteiger partial charge in [0.25, 0.3) is 5.91 Å². The Balaban J connectivity index is 1.56. The molecule has 3 amide bonds. The molecule has 0 radical (unpaired) electrons. The van der Waals surface area contributed by atoms with E-state index in [1.807, 2.05) is 51.1 Å². The monoisotopic (exact) mass is 508 g/mol. The number of nitrogens with one attached hydrogen (secondary N) is 2. The number of ether oxygens (including phenoxy) is 1. The van der Waals surface area contributed by atoms with Gasteiger partial charge in [0.2, 0.25) is 11.8 Å². The molecule has 0 fully saturated rings. The van der Waals surface area contributed by atoms with Crippen molar-refractivity contribution in [1.29, 1.82) is 0 Å². The molecule has 2 N–H and O–H groups in total. The number of hydrogen-bond acceptors (Lipinski definition) is 6. The maximum absolute atomic E-state index is 13.0. The van der Waals surface area contributed by atoms with Crippen LogP contribution in [0.5, 0.6) is 5.75 Å². The highest BCUT2D eigenvalue weighted by atomic mass is 32.1. The second-order valence-corrected chi connectivity index (χ2v) is 9.73. The SMILES string of the molecule is COc1ccc(C(=O)N(CC(=O)Nc2nc(CC(=O)N[C@@H](C)c3ccccc3)cs2)CC(C)C)cc1. The zero-order valence-electron chi connectivity index (χ0n) is 21.0.